The molecule has 0 spiro atoms. The predicted octanol–water partition coefficient (Wildman–Crippen LogP) is 4.94. The largest absolute Gasteiger partial charge is 0.457 e. The van der Waals surface area contributed by atoms with Crippen LogP contribution >= 0.6 is 0 Å². The average molecular weight is 361 g/mol. The van der Waals surface area contributed by atoms with Gasteiger partial charge in [0.1, 0.15) is 11.5 Å². The summed E-state index contributed by atoms with van der Waals surface area (Å²) in [6.07, 6.45) is 0. The van der Waals surface area contributed by atoms with Gasteiger partial charge in [0, 0.05) is 17.4 Å². The van der Waals surface area contributed by atoms with Crippen LogP contribution in [0.25, 0.3) is 0 Å². The van der Waals surface area contributed by atoms with Gasteiger partial charge in [-0.1, -0.05) is 18.2 Å². The molecule has 0 saturated heterocycles. The van der Waals surface area contributed by atoms with Crippen molar-refractivity contribution in [2.75, 3.05) is 11.1 Å². The lowest BCUT2D eigenvalue weighted by Crippen LogP contribution is -2.30. The van der Waals surface area contributed by atoms with Gasteiger partial charge in [-0.3, -0.25) is 4.79 Å². The predicted molar refractivity (Wildman–Crippen MR) is 110 cm³/mol. The first kappa shape index (κ1) is 18.3. The van der Waals surface area contributed by atoms with Gasteiger partial charge in [-0.05, 0) is 68.4 Å². The maximum atomic E-state index is 12.4. The molecule has 0 aliphatic heterocycles. The third-order valence-electron chi connectivity index (χ3n) is 3.82. The molecule has 0 atom stereocenters. The molecule has 1 amide bonds. The molecule has 5 nitrogen and oxygen atoms in total. The smallest absolute Gasteiger partial charge is 0.253 e. The number of nitrogens with one attached hydrogen (secondary N) is 2. The average Bonchev–Trinajstić information content (AvgIpc) is 2.65. The Kier molecular flexibility index (Phi) is 5.61. The van der Waals surface area contributed by atoms with E-state index in [1.54, 1.807) is 18.2 Å². The van der Waals surface area contributed by atoms with Crippen molar-refractivity contribution >= 4 is 23.0 Å². The lowest BCUT2D eigenvalue weighted by molar-refractivity contribution is 0.0944. The van der Waals surface area contributed by atoms with E-state index in [1.807, 2.05) is 68.4 Å². The van der Waals surface area contributed by atoms with Crippen molar-refractivity contribution in [2.24, 2.45) is 0 Å². The SMILES string of the molecule is CC(C)NC(=O)c1cc(N)ccc1Nc1ccc(Oc2ccccc2)cc1. The highest BCUT2D eigenvalue weighted by atomic mass is 16.5. The van der Waals surface area contributed by atoms with Crippen LogP contribution < -0.4 is 21.1 Å². The van der Waals surface area contributed by atoms with Crippen molar-refractivity contribution in [1.29, 1.82) is 0 Å². The monoisotopic (exact) mass is 361 g/mol. The number of carbonyl (C=O) groups is 1. The quantitative estimate of drug-likeness (QED) is 0.543. The Bertz CT molecular complexity index is 907. The summed E-state index contributed by atoms with van der Waals surface area (Å²) < 4.78 is 5.80. The van der Waals surface area contributed by atoms with Crippen LogP contribution in [0.5, 0.6) is 11.5 Å². The van der Waals surface area contributed by atoms with Crippen LogP contribution in [0.2, 0.25) is 0 Å². The van der Waals surface area contributed by atoms with Crippen LogP contribution in [0.3, 0.4) is 0 Å². The Morgan fingerprint density at radius 1 is 0.926 bits per heavy atom. The highest BCUT2D eigenvalue weighted by Crippen LogP contribution is 2.26. The van der Waals surface area contributed by atoms with Crippen LogP contribution in [-0.2, 0) is 0 Å². The van der Waals surface area contributed by atoms with Gasteiger partial charge in [-0.2, -0.15) is 0 Å². The lowest BCUT2D eigenvalue weighted by atomic mass is 10.1. The topological polar surface area (TPSA) is 76.4 Å². The fourth-order valence-electron chi connectivity index (χ4n) is 2.59. The van der Waals surface area contributed by atoms with Gasteiger partial charge in [0.25, 0.3) is 5.91 Å². The molecule has 5 heteroatoms. The van der Waals surface area contributed by atoms with Crippen LogP contribution in [0.1, 0.15) is 24.2 Å². The normalized spacial score (nSPS) is 10.5. The summed E-state index contributed by atoms with van der Waals surface area (Å²) >= 11 is 0. The van der Waals surface area contributed by atoms with Gasteiger partial charge in [-0.25, -0.2) is 0 Å². The van der Waals surface area contributed by atoms with Crippen molar-refractivity contribution in [1.82, 2.24) is 5.32 Å². The van der Waals surface area contributed by atoms with Crippen molar-refractivity contribution in [3.63, 3.8) is 0 Å². The minimum Gasteiger partial charge on any atom is -0.457 e. The first-order valence-electron chi connectivity index (χ1n) is 8.81. The maximum absolute atomic E-state index is 12.4. The van der Waals surface area contributed by atoms with Crippen LogP contribution in [-0.4, -0.2) is 11.9 Å². The Morgan fingerprint density at radius 3 is 2.26 bits per heavy atom. The van der Waals surface area contributed by atoms with Gasteiger partial charge in [0.2, 0.25) is 0 Å². The standard InChI is InChI=1S/C22H23N3O2/c1-15(2)24-22(26)20-14-16(23)8-13-21(20)25-17-9-11-19(12-10-17)27-18-6-4-3-5-7-18/h3-15,25H,23H2,1-2H3,(H,24,26). The molecule has 0 bridgehead atoms. The first-order chi connectivity index (χ1) is 13.0. The molecule has 0 unspecified atom stereocenters. The Labute approximate surface area is 159 Å². The molecule has 138 valence electrons. The van der Waals surface area contributed by atoms with Crippen molar-refractivity contribution in [2.45, 2.75) is 19.9 Å². The molecular weight excluding hydrogens is 338 g/mol. The number of hydrogen-bond donors (Lipinski definition) is 3. The zero-order valence-corrected chi connectivity index (χ0v) is 15.4. The summed E-state index contributed by atoms with van der Waals surface area (Å²) in [5.41, 5.74) is 8.45. The number of anilines is 3. The van der Waals surface area contributed by atoms with E-state index in [1.165, 1.54) is 0 Å². The molecule has 3 aromatic carbocycles. The number of nitrogen functional groups attached to an aromatic ring is 1. The van der Waals surface area contributed by atoms with E-state index in [0.29, 0.717) is 16.9 Å². The molecule has 3 aromatic rings. The molecule has 0 fully saturated rings. The zero-order chi connectivity index (χ0) is 19.2. The number of hydrogen-bond acceptors (Lipinski definition) is 4. The molecule has 27 heavy (non-hydrogen) atoms. The molecule has 4 N–H and O–H groups in total. The second-order valence-electron chi connectivity index (χ2n) is 6.50. The van der Waals surface area contributed by atoms with Crippen LogP contribution in [0, 0.1) is 0 Å². The highest BCUT2D eigenvalue weighted by molar-refractivity contribution is 6.01. The van der Waals surface area contributed by atoms with E-state index in [4.69, 9.17) is 10.5 Å². The van der Waals surface area contributed by atoms with E-state index in [9.17, 15) is 4.79 Å². The summed E-state index contributed by atoms with van der Waals surface area (Å²) in [6, 6.07) is 22.4. The molecular formula is C22H23N3O2. The molecule has 0 heterocycles. The van der Waals surface area contributed by atoms with Crippen LogP contribution in [0.4, 0.5) is 17.1 Å². The molecule has 0 aliphatic carbocycles. The number of ether oxygens (including phenoxy) is 1. The molecule has 0 saturated carbocycles. The summed E-state index contributed by atoms with van der Waals surface area (Å²) in [7, 11) is 0. The van der Waals surface area contributed by atoms with Crippen LogP contribution in [0.15, 0.2) is 72.8 Å². The lowest BCUT2D eigenvalue weighted by Gasteiger charge is -2.15. The number of carbonyl (C=O) groups excluding carboxylic acids is 1. The summed E-state index contributed by atoms with van der Waals surface area (Å²) in [5.74, 6) is 1.36. The van der Waals surface area contributed by atoms with Crippen molar-refractivity contribution < 1.29 is 9.53 Å². The van der Waals surface area contributed by atoms with Gasteiger partial charge in [-0.15, -0.1) is 0 Å². The summed E-state index contributed by atoms with van der Waals surface area (Å²) in [4.78, 5) is 12.4. The molecule has 0 aliphatic rings. The zero-order valence-electron chi connectivity index (χ0n) is 15.4. The van der Waals surface area contributed by atoms with E-state index in [-0.39, 0.29) is 11.9 Å². The summed E-state index contributed by atoms with van der Waals surface area (Å²) in [6.45, 7) is 3.84. The van der Waals surface area contributed by atoms with Crippen molar-refractivity contribution in [3.8, 4) is 11.5 Å². The Balaban J connectivity index is 1.76. The number of benzene rings is 3. The third-order valence-corrected chi connectivity index (χ3v) is 3.82. The van der Waals surface area contributed by atoms with E-state index < -0.39 is 0 Å². The number of rotatable bonds is 6. The van der Waals surface area contributed by atoms with Crippen molar-refractivity contribution in [3.05, 3.63) is 78.4 Å². The first-order valence-corrected chi connectivity index (χ1v) is 8.81. The Hall–Kier alpha value is -3.47. The second kappa shape index (κ2) is 8.27. The highest BCUT2D eigenvalue weighted by Gasteiger charge is 2.13. The molecule has 3 rings (SSSR count). The molecule has 0 aromatic heterocycles. The van der Waals surface area contributed by atoms with Gasteiger partial charge in [0.15, 0.2) is 0 Å². The van der Waals surface area contributed by atoms with E-state index >= 15 is 0 Å². The second-order valence-corrected chi connectivity index (χ2v) is 6.50. The third kappa shape index (κ3) is 5.01. The van der Waals surface area contributed by atoms with Gasteiger partial charge < -0.3 is 21.1 Å². The van der Waals surface area contributed by atoms with E-state index in [0.717, 1.165) is 17.2 Å². The van der Waals surface area contributed by atoms with Gasteiger partial charge >= 0.3 is 0 Å². The molecule has 0 radical (unpaired) electrons. The maximum Gasteiger partial charge on any atom is 0.253 e. The minimum atomic E-state index is -0.163. The number of amides is 1. The number of nitrogens with two attached hydrogens (primary N) is 1. The van der Waals surface area contributed by atoms with E-state index in [2.05, 4.69) is 10.6 Å². The minimum absolute atomic E-state index is 0.0428. The Morgan fingerprint density at radius 2 is 1.59 bits per heavy atom. The fraction of sp³-hybridized carbons (Fsp3) is 0.136. The van der Waals surface area contributed by atoms with Gasteiger partial charge in [0.05, 0.1) is 11.3 Å². The summed E-state index contributed by atoms with van der Waals surface area (Å²) in [5, 5.41) is 6.17. The number of para-hydroxylation sites is 1. The fourth-order valence-corrected chi connectivity index (χ4v) is 2.59.